The number of nitrogens with one attached hydrogen (secondary N) is 1. The smallest absolute Gasteiger partial charge is 0.244 e. The molecule has 0 fully saturated rings. The normalized spacial score (nSPS) is 12.1. The van der Waals surface area contributed by atoms with Gasteiger partial charge in [0.25, 0.3) is 0 Å². The molecule has 0 aliphatic heterocycles. The minimum Gasteiger partial charge on any atom is -0.495 e. The van der Waals surface area contributed by atoms with Crippen molar-refractivity contribution in [2.75, 3.05) is 30.8 Å². The Bertz CT molecular complexity index is 1120. The largest absolute Gasteiger partial charge is 0.495 e. The maximum atomic E-state index is 13.5. The molecule has 0 bridgehead atoms. The first-order valence-electron chi connectivity index (χ1n) is 10.9. The molecule has 2 rings (SSSR count). The van der Waals surface area contributed by atoms with Crippen LogP contribution in [0, 0.1) is 6.92 Å². The molecule has 34 heavy (non-hydrogen) atoms. The summed E-state index contributed by atoms with van der Waals surface area (Å²) in [6, 6.07) is 11.2. The van der Waals surface area contributed by atoms with Crippen LogP contribution in [0.1, 0.15) is 31.4 Å². The Labute approximate surface area is 206 Å². The van der Waals surface area contributed by atoms with Gasteiger partial charge in [0.15, 0.2) is 0 Å². The van der Waals surface area contributed by atoms with Crippen LogP contribution < -0.4 is 14.4 Å². The molecule has 0 unspecified atom stereocenters. The molecule has 0 heterocycles. The third-order valence-electron chi connectivity index (χ3n) is 5.30. The van der Waals surface area contributed by atoms with E-state index in [1.54, 1.807) is 49.4 Å². The highest BCUT2D eigenvalue weighted by molar-refractivity contribution is 7.92. The standard InChI is InChI=1S/C24H32ClN3O5S/c1-6-13-26-24(30)18(3)27(15-19-9-7-8-10-20(19)25)23(29)16-28(34(5,31)32)21-14-17(2)11-12-22(21)33-4/h7-12,14,18H,6,13,15-16H2,1-5H3,(H,26,30)/t18-/m1/s1. The zero-order valence-corrected chi connectivity index (χ0v) is 21.7. The molecule has 0 aromatic heterocycles. The van der Waals surface area contributed by atoms with Crippen LogP contribution in [0.2, 0.25) is 5.02 Å². The summed E-state index contributed by atoms with van der Waals surface area (Å²) in [6.45, 7) is 5.35. The predicted octanol–water partition coefficient (Wildman–Crippen LogP) is 3.37. The molecule has 1 atom stereocenters. The molecule has 0 aliphatic rings. The Hall–Kier alpha value is -2.78. The Balaban J connectivity index is 2.46. The van der Waals surface area contributed by atoms with E-state index in [4.69, 9.17) is 16.3 Å². The number of ether oxygens (including phenoxy) is 1. The van der Waals surface area contributed by atoms with Crippen molar-refractivity contribution in [2.24, 2.45) is 0 Å². The van der Waals surface area contributed by atoms with Gasteiger partial charge >= 0.3 is 0 Å². The summed E-state index contributed by atoms with van der Waals surface area (Å²) in [5.74, 6) is -0.565. The van der Waals surface area contributed by atoms with E-state index >= 15 is 0 Å². The van der Waals surface area contributed by atoms with Gasteiger partial charge in [-0.3, -0.25) is 13.9 Å². The second-order valence-electron chi connectivity index (χ2n) is 8.02. The van der Waals surface area contributed by atoms with Gasteiger partial charge in [0, 0.05) is 18.1 Å². The van der Waals surface area contributed by atoms with E-state index in [1.807, 2.05) is 13.8 Å². The number of nitrogens with zero attached hydrogens (tertiary/aromatic N) is 2. The summed E-state index contributed by atoms with van der Waals surface area (Å²) in [7, 11) is -2.43. The van der Waals surface area contributed by atoms with Crippen LogP contribution in [0.4, 0.5) is 5.69 Å². The van der Waals surface area contributed by atoms with E-state index in [0.29, 0.717) is 22.9 Å². The fourth-order valence-electron chi connectivity index (χ4n) is 3.38. The van der Waals surface area contributed by atoms with Gasteiger partial charge in [-0.1, -0.05) is 42.8 Å². The quantitative estimate of drug-likeness (QED) is 0.501. The number of carbonyl (C=O) groups excluding carboxylic acids is 2. The first-order chi connectivity index (χ1) is 16.0. The molecule has 0 aliphatic carbocycles. The molecule has 10 heteroatoms. The van der Waals surface area contributed by atoms with Crippen molar-refractivity contribution in [3.05, 3.63) is 58.6 Å². The average Bonchev–Trinajstić information content (AvgIpc) is 2.79. The lowest BCUT2D eigenvalue weighted by Gasteiger charge is -2.32. The predicted molar refractivity (Wildman–Crippen MR) is 135 cm³/mol. The molecule has 2 aromatic rings. The monoisotopic (exact) mass is 509 g/mol. The first-order valence-corrected chi connectivity index (χ1v) is 13.1. The molecule has 2 aromatic carbocycles. The summed E-state index contributed by atoms with van der Waals surface area (Å²) < 4.78 is 31.8. The van der Waals surface area contributed by atoms with E-state index in [-0.39, 0.29) is 18.1 Å². The molecular weight excluding hydrogens is 478 g/mol. The van der Waals surface area contributed by atoms with Crippen molar-refractivity contribution in [3.8, 4) is 5.75 Å². The maximum Gasteiger partial charge on any atom is 0.244 e. The number of amides is 2. The maximum absolute atomic E-state index is 13.5. The Morgan fingerprint density at radius 1 is 1.18 bits per heavy atom. The SMILES string of the molecule is CCCNC(=O)[C@@H](C)N(Cc1ccccc1Cl)C(=O)CN(c1cc(C)ccc1OC)S(C)(=O)=O. The van der Waals surface area contributed by atoms with E-state index in [9.17, 15) is 18.0 Å². The van der Waals surface area contributed by atoms with Crippen LogP contribution in [-0.2, 0) is 26.2 Å². The van der Waals surface area contributed by atoms with Gasteiger partial charge in [0.2, 0.25) is 21.8 Å². The van der Waals surface area contributed by atoms with E-state index < -0.39 is 28.5 Å². The van der Waals surface area contributed by atoms with Crippen molar-refractivity contribution >= 4 is 39.1 Å². The van der Waals surface area contributed by atoms with Crippen molar-refractivity contribution in [1.82, 2.24) is 10.2 Å². The summed E-state index contributed by atoms with van der Waals surface area (Å²) in [5, 5.41) is 3.24. The van der Waals surface area contributed by atoms with Crippen molar-refractivity contribution in [3.63, 3.8) is 0 Å². The molecular formula is C24H32ClN3O5S. The fourth-order valence-corrected chi connectivity index (χ4v) is 4.42. The number of benzene rings is 2. The fraction of sp³-hybridized carbons (Fsp3) is 0.417. The van der Waals surface area contributed by atoms with Gasteiger partial charge in [0.1, 0.15) is 18.3 Å². The second kappa shape index (κ2) is 12.1. The highest BCUT2D eigenvalue weighted by Gasteiger charge is 2.31. The van der Waals surface area contributed by atoms with Gasteiger partial charge in [0.05, 0.1) is 19.1 Å². The number of hydrogen-bond acceptors (Lipinski definition) is 5. The zero-order valence-electron chi connectivity index (χ0n) is 20.2. The van der Waals surface area contributed by atoms with Gasteiger partial charge in [-0.15, -0.1) is 0 Å². The van der Waals surface area contributed by atoms with Gasteiger partial charge < -0.3 is 15.0 Å². The number of carbonyl (C=O) groups is 2. The lowest BCUT2D eigenvalue weighted by atomic mass is 10.1. The average molecular weight is 510 g/mol. The third kappa shape index (κ3) is 7.11. The second-order valence-corrected chi connectivity index (χ2v) is 10.3. The first kappa shape index (κ1) is 27.5. The van der Waals surface area contributed by atoms with Crippen LogP contribution in [0.25, 0.3) is 0 Å². The number of anilines is 1. The Morgan fingerprint density at radius 3 is 2.44 bits per heavy atom. The topological polar surface area (TPSA) is 96.0 Å². The molecule has 2 amide bonds. The highest BCUT2D eigenvalue weighted by Crippen LogP contribution is 2.31. The number of sulfonamides is 1. The summed E-state index contributed by atoms with van der Waals surface area (Å²) in [4.78, 5) is 27.6. The van der Waals surface area contributed by atoms with Gasteiger partial charge in [-0.25, -0.2) is 8.42 Å². The number of halogens is 1. The minimum atomic E-state index is -3.86. The molecule has 0 spiro atoms. The number of hydrogen-bond donors (Lipinski definition) is 1. The summed E-state index contributed by atoms with van der Waals surface area (Å²) in [6.07, 6.45) is 1.77. The van der Waals surface area contributed by atoms with Crippen molar-refractivity contribution in [2.45, 2.75) is 39.8 Å². The van der Waals surface area contributed by atoms with E-state index in [0.717, 1.165) is 22.5 Å². The van der Waals surface area contributed by atoms with Gasteiger partial charge in [-0.2, -0.15) is 0 Å². The number of methoxy groups -OCH3 is 1. The van der Waals surface area contributed by atoms with Crippen LogP contribution in [0.5, 0.6) is 5.75 Å². The van der Waals surface area contributed by atoms with Crippen molar-refractivity contribution < 1.29 is 22.7 Å². The van der Waals surface area contributed by atoms with Crippen LogP contribution in [0.15, 0.2) is 42.5 Å². The van der Waals surface area contributed by atoms with Crippen LogP contribution in [0.3, 0.4) is 0 Å². The zero-order chi connectivity index (χ0) is 25.5. The Morgan fingerprint density at radius 2 is 1.85 bits per heavy atom. The van der Waals surface area contributed by atoms with Crippen LogP contribution >= 0.6 is 11.6 Å². The molecule has 0 saturated heterocycles. The number of rotatable bonds is 11. The van der Waals surface area contributed by atoms with E-state index in [2.05, 4.69) is 5.32 Å². The highest BCUT2D eigenvalue weighted by atomic mass is 35.5. The Kier molecular flexibility index (Phi) is 9.76. The molecule has 0 saturated carbocycles. The lowest BCUT2D eigenvalue weighted by Crippen LogP contribution is -2.51. The summed E-state index contributed by atoms with van der Waals surface area (Å²) >= 11 is 6.31. The number of aryl methyl sites for hydroxylation is 1. The molecule has 0 radical (unpaired) electrons. The molecule has 8 nitrogen and oxygen atoms in total. The molecule has 1 N–H and O–H groups in total. The van der Waals surface area contributed by atoms with E-state index in [1.165, 1.54) is 12.0 Å². The minimum absolute atomic E-state index is 0.0434. The van der Waals surface area contributed by atoms with Gasteiger partial charge in [-0.05, 0) is 49.6 Å². The lowest BCUT2D eigenvalue weighted by molar-refractivity contribution is -0.139. The van der Waals surface area contributed by atoms with Crippen LogP contribution in [-0.4, -0.2) is 57.6 Å². The van der Waals surface area contributed by atoms with Crippen molar-refractivity contribution in [1.29, 1.82) is 0 Å². The summed E-state index contributed by atoms with van der Waals surface area (Å²) in [5.41, 5.74) is 1.70. The third-order valence-corrected chi connectivity index (χ3v) is 6.79. The molecule has 186 valence electrons.